The summed E-state index contributed by atoms with van der Waals surface area (Å²) in [6.45, 7) is 4.48. The Balaban J connectivity index is 3.96. The second kappa shape index (κ2) is 22.7. The number of hydrogen-bond acceptors (Lipinski definition) is 2. The summed E-state index contributed by atoms with van der Waals surface area (Å²) in [5, 5.41) is 19.5. The third-order valence-electron chi connectivity index (χ3n) is 7.23. The van der Waals surface area contributed by atoms with Crippen molar-refractivity contribution in [3.63, 3.8) is 0 Å². The van der Waals surface area contributed by atoms with Crippen LogP contribution in [0, 0.1) is 5.41 Å². The maximum Gasteiger partial charge on any atom is 0.321 e. The standard InChI is InChI=1S/C29H56O4/c1-3-5-7-9-11-13-15-17-19-21-23-25-29(27(30)31,28(32)33)26-24-22-20-18-16-14-12-10-8-6-4-2/h3-26H2,1-2H3,(H,30,31)(H,32,33). The first kappa shape index (κ1) is 31.9. The smallest absolute Gasteiger partial charge is 0.321 e. The van der Waals surface area contributed by atoms with Crippen LogP contribution in [0.25, 0.3) is 0 Å². The summed E-state index contributed by atoms with van der Waals surface area (Å²) in [7, 11) is 0. The number of hydrogen-bond donors (Lipinski definition) is 2. The van der Waals surface area contributed by atoms with E-state index in [0.717, 1.165) is 25.7 Å². The van der Waals surface area contributed by atoms with E-state index in [1.807, 2.05) is 0 Å². The molecule has 0 saturated carbocycles. The van der Waals surface area contributed by atoms with Crippen LogP contribution in [-0.4, -0.2) is 22.2 Å². The minimum atomic E-state index is -1.58. The van der Waals surface area contributed by atoms with Gasteiger partial charge in [0.1, 0.15) is 0 Å². The molecule has 0 aliphatic carbocycles. The highest BCUT2D eigenvalue weighted by atomic mass is 16.4. The van der Waals surface area contributed by atoms with E-state index in [4.69, 9.17) is 0 Å². The zero-order valence-corrected chi connectivity index (χ0v) is 22.2. The van der Waals surface area contributed by atoms with Gasteiger partial charge in [0.05, 0.1) is 0 Å². The number of carboxylic acids is 2. The molecule has 0 radical (unpaired) electrons. The van der Waals surface area contributed by atoms with E-state index >= 15 is 0 Å². The zero-order chi connectivity index (χ0) is 24.6. The highest BCUT2D eigenvalue weighted by Gasteiger charge is 2.45. The molecule has 0 aromatic rings. The Kier molecular flexibility index (Phi) is 22.0. The first-order chi connectivity index (χ1) is 16.0. The lowest BCUT2D eigenvalue weighted by molar-refractivity contribution is -0.166. The van der Waals surface area contributed by atoms with Crippen molar-refractivity contribution in [2.75, 3.05) is 0 Å². The number of aliphatic carboxylic acids is 2. The van der Waals surface area contributed by atoms with Gasteiger partial charge in [0.15, 0.2) is 5.41 Å². The van der Waals surface area contributed by atoms with Gasteiger partial charge in [-0.2, -0.15) is 0 Å². The second-order valence-corrected chi connectivity index (χ2v) is 10.3. The molecule has 0 saturated heterocycles. The van der Waals surface area contributed by atoms with E-state index < -0.39 is 17.4 Å². The molecule has 0 aromatic heterocycles. The maximum absolute atomic E-state index is 11.9. The van der Waals surface area contributed by atoms with Gasteiger partial charge in [0.2, 0.25) is 0 Å². The van der Waals surface area contributed by atoms with Crippen LogP contribution in [0.2, 0.25) is 0 Å². The lowest BCUT2D eigenvalue weighted by atomic mass is 9.78. The summed E-state index contributed by atoms with van der Waals surface area (Å²) in [6, 6.07) is 0. The molecule has 0 fully saturated rings. The fourth-order valence-electron chi connectivity index (χ4n) is 4.83. The van der Waals surface area contributed by atoms with Crippen LogP contribution in [0.1, 0.15) is 168 Å². The monoisotopic (exact) mass is 468 g/mol. The first-order valence-electron chi connectivity index (χ1n) is 14.5. The van der Waals surface area contributed by atoms with Gasteiger partial charge in [0, 0.05) is 0 Å². The van der Waals surface area contributed by atoms with E-state index in [9.17, 15) is 19.8 Å². The molecule has 4 heteroatoms. The van der Waals surface area contributed by atoms with Gasteiger partial charge in [-0.1, -0.05) is 155 Å². The van der Waals surface area contributed by atoms with Crippen molar-refractivity contribution in [2.45, 2.75) is 168 Å². The predicted octanol–water partition coefficient (Wildman–Crippen LogP) is 9.54. The van der Waals surface area contributed by atoms with E-state index in [-0.39, 0.29) is 12.8 Å². The number of unbranched alkanes of at least 4 members (excludes halogenated alkanes) is 20. The summed E-state index contributed by atoms with van der Waals surface area (Å²) < 4.78 is 0. The summed E-state index contributed by atoms with van der Waals surface area (Å²) >= 11 is 0. The Morgan fingerprint density at radius 3 is 0.848 bits per heavy atom. The summed E-state index contributed by atoms with van der Waals surface area (Å²) in [6.07, 6.45) is 26.7. The van der Waals surface area contributed by atoms with Gasteiger partial charge in [0.25, 0.3) is 0 Å². The quantitative estimate of drug-likeness (QED) is 0.0978. The van der Waals surface area contributed by atoms with Gasteiger partial charge in [-0.3, -0.25) is 9.59 Å². The van der Waals surface area contributed by atoms with E-state index in [0.29, 0.717) is 12.8 Å². The Morgan fingerprint density at radius 1 is 0.424 bits per heavy atom. The van der Waals surface area contributed by atoms with Crippen molar-refractivity contribution in [1.82, 2.24) is 0 Å². The SMILES string of the molecule is CCCCCCCCCCCCCC(CCCCCCCCCCCCC)(C(=O)O)C(=O)O. The van der Waals surface area contributed by atoms with Crippen LogP contribution in [0.15, 0.2) is 0 Å². The zero-order valence-electron chi connectivity index (χ0n) is 22.2. The van der Waals surface area contributed by atoms with Crippen molar-refractivity contribution >= 4 is 11.9 Å². The van der Waals surface area contributed by atoms with Crippen molar-refractivity contribution < 1.29 is 19.8 Å². The van der Waals surface area contributed by atoms with Gasteiger partial charge >= 0.3 is 11.9 Å². The molecule has 0 aliphatic heterocycles. The molecule has 2 N–H and O–H groups in total. The minimum absolute atomic E-state index is 0.270. The third-order valence-corrected chi connectivity index (χ3v) is 7.23. The van der Waals surface area contributed by atoms with E-state index in [1.165, 1.54) is 103 Å². The van der Waals surface area contributed by atoms with Crippen LogP contribution in [0.4, 0.5) is 0 Å². The van der Waals surface area contributed by atoms with Gasteiger partial charge < -0.3 is 10.2 Å². The molecule has 196 valence electrons. The van der Waals surface area contributed by atoms with Crippen LogP contribution < -0.4 is 0 Å². The Labute approximate surface area is 205 Å². The van der Waals surface area contributed by atoms with Gasteiger partial charge in [-0.15, -0.1) is 0 Å². The average Bonchev–Trinajstić information content (AvgIpc) is 2.79. The van der Waals surface area contributed by atoms with Crippen molar-refractivity contribution in [3.05, 3.63) is 0 Å². The molecule has 0 aliphatic rings. The fourth-order valence-corrected chi connectivity index (χ4v) is 4.83. The molecule has 0 atom stereocenters. The second-order valence-electron chi connectivity index (χ2n) is 10.3. The molecule has 0 spiro atoms. The molecule has 0 bridgehead atoms. The molecular formula is C29H56O4. The number of rotatable bonds is 26. The Bertz CT molecular complexity index is 419. The molecule has 0 aromatic carbocycles. The highest BCUT2D eigenvalue weighted by Crippen LogP contribution is 2.33. The molecule has 0 rings (SSSR count). The molecular weight excluding hydrogens is 412 g/mol. The van der Waals surface area contributed by atoms with E-state index in [2.05, 4.69) is 13.8 Å². The average molecular weight is 469 g/mol. The summed E-state index contributed by atoms with van der Waals surface area (Å²) in [5.74, 6) is -2.29. The van der Waals surface area contributed by atoms with Crippen LogP contribution in [0.3, 0.4) is 0 Å². The number of carboxylic acid groups (broad SMARTS) is 2. The first-order valence-corrected chi connectivity index (χ1v) is 14.5. The van der Waals surface area contributed by atoms with Crippen molar-refractivity contribution in [3.8, 4) is 0 Å². The Hall–Kier alpha value is -1.06. The maximum atomic E-state index is 11.9. The van der Waals surface area contributed by atoms with Crippen LogP contribution >= 0.6 is 0 Å². The largest absolute Gasteiger partial charge is 0.480 e. The van der Waals surface area contributed by atoms with Crippen LogP contribution in [0.5, 0.6) is 0 Å². The lowest BCUT2D eigenvalue weighted by Crippen LogP contribution is -2.39. The van der Waals surface area contributed by atoms with Gasteiger partial charge in [-0.05, 0) is 12.8 Å². The molecule has 0 heterocycles. The van der Waals surface area contributed by atoms with Crippen molar-refractivity contribution in [1.29, 1.82) is 0 Å². The summed E-state index contributed by atoms with van der Waals surface area (Å²) in [5.41, 5.74) is -1.58. The fraction of sp³-hybridized carbons (Fsp3) is 0.931. The third kappa shape index (κ3) is 17.1. The Morgan fingerprint density at radius 2 is 0.636 bits per heavy atom. The van der Waals surface area contributed by atoms with Crippen LogP contribution in [-0.2, 0) is 9.59 Å². The lowest BCUT2D eigenvalue weighted by Gasteiger charge is -2.25. The highest BCUT2D eigenvalue weighted by molar-refractivity contribution is 5.98. The topological polar surface area (TPSA) is 74.6 Å². The van der Waals surface area contributed by atoms with E-state index in [1.54, 1.807) is 0 Å². The normalized spacial score (nSPS) is 11.7. The minimum Gasteiger partial charge on any atom is -0.480 e. The molecule has 4 nitrogen and oxygen atoms in total. The molecule has 0 amide bonds. The number of carbonyl (C=O) groups is 2. The molecule has 0 unspecified atom stereocenters. The predicted molar refractivity (Wildman–Crippen MR) is 140 cm³/mol. The van der Waals surface area contributed by atoms with Crippen molar-refractivity contribution in [2.24, 2.45) is 5.41 Å². The molecule has 33 heavy (non-hydrogen) atoms. The summed E-state index contributed by atoms with van der Waals surface area (Å²) in [4.78, 5) is 23.8. The van der Waals surface area contributed by atoms with Gasteiger partial charge in [-0.25, -0.2) is 0 Å².